The third-order valence-corrected chi connectivity index (χ3v) is 5.58. The lowest BCUT2D eigenvalue weighted by Crippen LogP contribution is -2.43. The molecule has 1 N–H and O–H groups in total. The van der Waals surface area contributed by atoms with E-state index in [1.807, 2.05) is 0 Å². The summed E-state index contributed by atoms with van der Waals surface area (Å²) in [5.41, 5.74) is 1.32. The molecule has 0 aliphatic carbocycles. The fraction of sp³-hybridized carbons (Fsp3) is 0.600. The molecule has 104 valence electrons. The normalized spacial score (nSPS) is 28.1. The summed E-state index contributed by atoms with van der Waals surface area (Å²) in [7, 11) is 0. The molecule has 2 atom stereocenters. The summed E-state index contributed by atoms with van der Waals surface area (Å²) in [5, 5.41) is 4.47. The summed E-state index contributed by atoms with van der Waals surface area (Å²) in [4.78, 5) is 2.63. The van der Waals surface area contributed by atoms with E-state index in [2.05, 4.69) is 44.3 Å². The Kier molecular flexibility index (Phi) is 4.47. The molecular weight excluding hydrogens is 324 g/mol. The SMILES string of the molecule is Clc1cc(CN2CCCC2C2CCCN2)ccc1Br. The fourth-order valence-electron chi connectivity index (χ4n) is 3.42. The van der Waals surface area contributed by atoms with Gasteiger partial charge in [-0.2, -0.15) is 0 Å². The van der Waals surface area contributed by atoms with Crippen LogP contribution < -0.4 is 5.32 Å². The van der Waals surface area contributed by atoms with Crippen LogP contribution in [0.3, 0.4) is 0 Å². The van der Waals surface area contributed by atoms with Crippen LogP contribution in [-0.4, -0.2) is 30.1 Å². The van der Waals surface area contributed by atoms with Gasteiger partial charge in [-0.05, 0) is 72.4 Å². The van der Waals surface area contributed by atoms with Crippen molar-refractivity contribution < 1.29 is 0 Å². The summed E-state index contributed by atoms with van der Waals surface area (Å²) in [5.74, 6) is 0. The van der Waals surface area contributed by atoms with Crippen LogP contribution in [-0.2, 0) is 6.54 Å². The number of nitrogens with zero attached hydrogens (tertiary/aromatic N) is 1. The highest BCUT2D eigenvalue weighted by molar-refractivity contribution is 9.10. The van der Waals surface area contributed by atoms with E-state index < -0.39 is 0 Å². The number of nitrogens with one attached hydrogen (secondary N) is 1. The minimum atomic E-state index is 0.702. The van der Waals surface area contributed by atoms with Gasteiger partial charge in [0.05, 0.1) is 5.02 Å². The molecular formula is C15H20BrClN2. The van der Waals surface area contributed by atoms with Crippen molar-refractivity contribution in [3.05, 3.63) is 33.3 Å². The zero-order valence-corrected chi connectivity index (χ0v) is 13.4. The Hall–Kier alpha value is -0.0900. The van der Waals surface area contributed by atoms with Gasteiger partial charge < -0.3 is 5.32 Å². The Labute approximate surface area is 128 Å². The summed E-state index contributed by atoms with van der Waals surface area (Å²) < 4.78 is 0.980. The summed E-state index contributed by atoms with van der Waals surface area (Å²) >= 11 is 9.64. The maximum atomic E-state index is 6.19. The molecule has 0 saturated carbocycles. The fourth-order valence-corrected chi connectivity index (χ4v) is 3.87. The molecule has 4 heteroatoms. The van der Waals surface area contributed by atoms with Gasteiger partial charge in [0, 0.05) is 23.1 Å². The molecule has 0 radical (unpaired) electrons. The largest absolute Gasteiger partial charge is 0.312 e. The van der Waals surface area contributed by atoms with Crippen LogP contribution in [0.25, 0.3) is 0 Å². The average Bonchev–Trinajstić information content (AvgIpc) is 3.04. The summed E-state index contributed by atoms with van der Waals surface area (Å²) in [6.45, 7) is 3.44. The van der Waals surface area contributed by atoms with Gasteiger partial charge in [-0.15, -0.1) is 0 Å². The number of hydrogen-bond acceptors (Lipinski definition) is 2. The van der Waals surface area contributed by atoms with E-state index in [0.717, 1.165) is 16.0 Å². The van der Waals surface area contributed by atoms with Crippen LogP contribution in [0.2, 0.25) is 5.02 Å². The van der Waals surface area contributed by atoms with Crippen LogP contribution in [0.15, 0.2) is 22.7 Å². The van der Waals surface area contributed by atoms with Gasteiger partial charge >= 0.3 is 0 Å². The van der Waals surface area contributed by atoms with Gasteiger partial charge in [-0.25, -0.2) is 0 Å². The zero-order chi connectivity index (χ0) is 13.2. The predicted molar refractivity (Wildman–Crippen MR) is 83.6 cm³/mol. The van der Waals surface area contributed by atoms with Crippen LogP contribution in [0.5, 0.6) is 0 Å². The van der Waals surface area contributed by atoms with Gasteiger partial charge in [0.2, 0.25) is 0 Å². The van der Waals surface area contributed by atoms with Crippen molar-refractivity contribution in [3.8, 4) is 0 Å². The van der Waals surface area contributed by atoms with E-state index in [4.69, 9.17) is 11.6 Å². The summed E-state index contributed by atoms with van der Waals surface area (Å²) in [6.07, 6.45) is 5.33. The van der Waals surface area contributed by atoms with E-state index in [9.17, 15) is 0 Å². The van der Waals surface area contributed by atoms with E-state index in [1.54, 1.807) is 0 Å². The van der Waals surface area contributed by atoms with Gasteiger partial charge in [0.15, 0.2) is 0 Å². The molecule has 2 nitrogen and oxygen atoms in total. The molecule has 0 amide bonds. The Bertz CT molecular complexity index is 446. The molecule has 3 rings (SSSR count). The predicted octanol–water partition coefficient (Wildman–Crippen LogP) is 3.82. The standard InChI is InChI=1S/C15H20BrClN2/c16-12-6-5-11(9-13(12)17)10-19-8-2-4-15(19)14-3-1-7-18-14/h5-6,9,14-15,18H,1-4,7-8,10H2. The van der Waals surface area contributed by atoms with E-state index in [0.29, 0.717) is 12.1 Å². The van der Waals surface area contributed by atoms with Crippen molar-refractivity contribution >= 4 is 27.5 Å². The first-order valence-corrected chi connectivity index (χ1v) is 8.32. The molecule has 0 bridgehead atoms. The molecule has 0 aromatic heterocycles. The molecule has 0 spiro atoms. The minimum Gasteiger partial charge on any atom is -0.312 e. The molecule has 2 aliphatic rings. The first-order chi connectivity index (χ1) is 9.24. The molecule has 19 heavy (non-hydrogen) atoms. The molecule has 2 heterocycles. The van der Waals surface area contributed by atoms with E-state index in [1.165, 1.54) is 44.3 Å². The number of rotatable bonds is 3. The quantitative estimate of drug-likeness (QED) is 0.897. The van der Waals surface area contributed by atoms with Crippen LogP contribution in [0, 0.1) is 0 Å². The first-order valence-electron chi connectivity index (χ1n) is 7.15. The Balaban J connectivity index is 1.69. The minimum absolute atomic E-state index is 0.702. The second kappa shape index (κ2) is 6.13. The van der Waals surface area contributed by atoms with E-state index >= 15 is 0 Å². The molecule has 1 aromatic rings. The topological polar surface area (TPSA) is 15.3 Å². The van der Waals surface area contributed by atoms with Crippen molar-refractivity contribution in [3.63, 3.8) is 0 Å². The van der Waals surface area contributed by atoms with Crippen molar-refractivity contribution in [2.24, 2.45) is 0 Å². The van der Waals surface area contributed by atoms with Crippen molar-refractivity contribution in [2.45, 2.75) is 44.3 Å². The highest BCUT2D eigenvalue weighted by atomic mass is 79.9. The average molecular weight is 344 g/mol. The maximum Gasteiger partial charge on any atom is 0.0551 e. The number of likely N-dealkylation sites (tertiary alicyclic amines) is 1. The lowest BCUT2D eigenvalue weighted by molar-refractivity contribution is 0.206. The van der Waals surface area contributed by atoms with Gasteiger partial charge in [0.25, 0.3) is 0 Å². The Morgan fingerprint density at radius 2 is 2.21 bits per heavy atom. The van der Waals surface area contributed by atoms with Crippen molar-refractivity contribution in [2.75, 3.05) is 13.1 Å². The second-order valence-electron chi connectivity index (χ2n) is 5.63. The molecule has 2 fully saturated rings. The van der Waals surface area contributed by atoms with Crippen molar-refractivity contribution in [1.82, 2.24) is 10.2 Å². The molecule has 1 aromatic carbocycles. The first kappa shape index (κ1) is 13.9. The molecule has 2 unspecified atom stereocenters. The van der Waals surface area contributed by atoms with Crippen LogP contribution in [0.4, 0.5) is 0 Å². The smallest absolute Gasteiger partial charge is 0.0551 e. The van der Waals surface area contributed by atoms with Crippen LogP contribution in [0.1, 0.15) is 31.2 Å². The highest BCUT2D eigenvalue weighted by Crippen LogP contribution is 2.28. The van der Waals surface area contributed by atoms with Crippen LogP contribution >= 0.6 is 27.5 Å². The van der Waals surface area contributed by atoms with E-state index in [-0.39, 0.29) is 0 Å². The van der Waals surface area contributed by atoms with Gasteiger partial charge in [-0.3, -0.25) is 4.90 Å². The lowest BCUT2D eigenvalue weighted by Gasteiger charge is -2.29. The third kappa shape index (κ3) is 3.15. The Morgan fingerprint density at radius 1 is 1.32 bits per heavy atom. The second-order valence-corrected chi connectivity index (χ2v) is 6.89. The van der Waals surface area contributed by atoms with Gasteiger partial charge in [0.1, 0.15) is 0 Å². The monoisotopic (exact) mass is 342 g/mol. The molecule has 2 saturated heterocycles. The number of hydrogen-bond donors (Lipinski definition) is 1. The zero-order valence-electron chi connectivity index (χ0n) is 11.0. The molecule has 2 aliphatic heterocycles. The third-order valence-electron chi connectivity index (χ3n) is 4.35. The maximum absolute atomic E-state index is 6.19. The highest BCUT2D eigenvalue weighted by Gasteiger charge is 2.32. The summed E-state index contributed by atoms with van der Waals surface area (Å²) in [6, 6.07) is 7.73. The number of benzene rings is 1. The Morgan fingerprint density at radius 3 is 2.95 bits per heavy atom. The number of halogens is 2. The van der Waals surface area contributed by atoms with Gasteiger partial charge in [-0.1, -0.05) is 17.7 Å². The lowest BCUT2D eigenvalue weighted by atomic mass is 10.0. The van der Waals surface area contributed by atoms with Crippen molar-refractivity contribution in [1.29, 1.82) is 0 Å².